The van der Waals surface area contributed by atoms with E-state index in [1.165, 1.54) is 23.9 Å². The predicted octanol–water partition coefficient (Wildman–Crippen LogP) is 2.91. The van der Waals surface area contributed by atoms with Crippen molar-refractivity contribution in [3.8, 4) is 5.75 Å². The van der Waals surface area contributed by atoms with E-state index in [1.807, 2.05) is 13.8 Å². The summed E-state index contributed by atoms with van der Waals surface area (Å²) in [7, 11) is 3.03. The van der Waals surface area contributed by atoms with Crippen LogP contribution in [-0.2, 0) is 7.05 Å². The Bertz CT molecular complexity index is 899. The largest absolute Gasteiger partial charge is 0.496 e. The van der Waals surface area contributed by atoms with E-state index in [0.29, 0.717) is 30.0 Å². The molecule has 150 valence electrons. The fraction of sp³-hybridized carbons (Fsp3) is 0.381. The predicted molar refractivity (Wildman–Crippen MR) is 109 cm³/mol. The lowest BCUT2D eigenvalue weighted by molar-refractivity contribution is 0.0754. The van der Waals surface area contributed by atoms with Gasteiger partial charge in [-0.15, -0.1) is 0 Å². The van der Waals surface area contributed by atoms with Crippen LogP contribution >= 0.6 is 0 Å². The van der Waals surface area contributed by atoms with Gasteiger partial charge < -0.3 is 19.5 Å². The number of hydrogen-bond acceptors (Lipinski definition) is 4. The van der Waals surface area contributed by atoms with Crippen molar-refractivity contribution in [1.82, 2.24) is 9.47 Å². The number of rotatable bonds is 8. The first kappa shape index (κ1) is 21.2. The third-order valence-electron chi connectivity index (χ3n) is 4.30. The third kappa shape index (κ3) is 4.79. The molecule has 0 aliphatic heterocycles. The van der Waals surface area contributed by atoms with Crippen LogP contribution in [0.5, 0.6) is 5.75 Å². The van der Waals surface area contributed by atoms with Crippen LogP contribution in [0, 0.1) is 0 Å². The topological polar surface area (TPSA) is 80.6 Å². The number of aryl methyl sites for hydroxylation is 1. The normalized spacial score (nSPS) is 10.4. The molecule has 7 heteroatoms. The number of amides is 2. The fourth-order valence-corrected chi connectivity index (χ4v) is 2.98. The van der Waals surface area contributed by atoms with Gasteiger partial charge in [0.2, 0.25) is 0 Å². The Morgan fingerprint density at radius 1 is 1.14 bits per heavy atom. The molecule has 0 saturated heterocycles. The lowest BCUT2D eigenvalue weighted by Crippen LogP contribution is -2.34. The molecule has 0 spiro atoms. The molecule has 0 saturated carbocycles. The van der Waals surface area contributed by atoms with Crippen molar-refractivity contribution < 1.29 is 14.3 Å². The number of ether oxygens (including phenoxy) is 1. The van der Waals surface area contributed by atoms with Gasteiger partial charge in [-0.05, 0) is 31.0 Å². The van der Waals surface area contributed by atoms with Crippen molar-refractivity contribution in [1.29, 1.82) is 0 Å². The number of methoxy groups -OCH3 is 1. The summed E-state index contributed by atoms with van der Waals surface area (Å²) in [6.45, 7) is 5.29. The Hall–Kier alpha value is -3.09. The molecular formula is C21H27N3O4. The molecule has 1 aromatic heterocycles. The molecule has 28 heavy (non-hydrogen) atoms. The van der Waals surface area contributed by atoms with Crippen LogP contribution in [0.25, 0.3) is 0 Å². The highest BCUT2D eigenvalue weighted by Gasteiger charge is 2.19. The number of benzene rings is 1. The molecule has 0 radical (unpaired) electrons. The minimum atomic E-state index is -0.474. The summed E-state index contributed by atoms with van der Waals surface area (Å²) in [5.41, 5.74) is 0.330. The number of carbonyl (C=O) groups is 2. The average Bonchev–Trinajstić information content (AvgIpc) is 2.70. The summed E-state index contributed by atoms with van der Waals surface area (Å²) >= 11 is 0. The maximum Gasteiger partial charge on any atom is 0.274 e. The molecule has 1 heterocycles. The zero-order valence-electron chi connectivity index (χ0n) is 16.8. The number of nitrogens with one attached hydrogen (secondary N) is 1. The first-order chi connectivity index (χ1) is 13.4. The molecule has 0 bridgehead atoms. The zero-order valence-corrected chi connectivity index (χ0v) is 16.8. The van der Waals surface area contributed by atoms with E-state index in [1.54, 1.807) is 36.2 Å². The standard InChI is InChI=1S/C21H27N3O4/c1-5-11-24(12-6-2)20(26)15-13-17(21(27)23(3)14-15)22-19(25)16-9-7-8-10-18(16)28-4/h7-10,13-14H,5-6,11-12H2,1-4H3,(H,22,25). The van der Waals surface area contributed by atoms with E-state index in [-0.39, 0.29) is 11.6 Å². The van der Waals surface area contributed by atoms with Gasteiger partial charge in [0.15, 0.2) is 0 Å². The monoisotopic (exact) mass is 385 g/mol. The number of anilines is 1. The molecule has 2 amide bonds. The van der Waals surface area contributed by atoms with E-state index >= 15 is 0 Å². The molecule has 7 nitrogen and oxygen atoms in total. The van der Waals surface area contributed by atoms with Crippen LogP contribution in [0.4, 0.5) is 5.69 Å². The number of hydrogen-bond donors (Lipinski definition) is 1. The SMILES string of the molecule is CCCN(CCC)C(=O)c1cc(NC(=O)c2ccccc2OC)c(=O)n(C)c1. The van der Waals surface area contributed by atoms with Crippen molar-refractivity contribution in [2.45, 2.75) is 26.7 Å². The van der Waals surface area contributed by atoms with Gasteiger partial charge >= 0.3 is 0 Å². The molecule has 2 aromatic rings. The number of aromatic nitrogens is 1. The van der Waals surface area contributed by atoms with E-state index < -0.39 is 11.5 Å². The van der Waals surface area contributed by atoms with E-state index in [9.17, 15) is 14.4 Å². The number of para-hydroxylation sites is 1. The first-order valence-corrected chi connectivity index (χ1v) is 9.37. The molecule has 2 rings (SSSR count). The molecule has 1 aromatic carbocycles. The van der Waals surface area contributed by atoms with Crippen molar-refractivity contribution in [3.05, 3.63) is 58.0 Å². The molecule has 0 aliphatic rings. The van der Waals surface area contributed by atoms with Gasteiger partial charge in [0.05, 0.1) is 18.2 Å². The van der Waals surface area contributed by atoms with Gasteiger partial charge in [-0.25, -0.2) is 0 Å². The minimum absolute atomic E-state index is 0.0530. The van der Waals surface area contributed by atoms with Gasteiger partial charge in [0.1, 0.15) is 11.4 Å². The molecule has 0 atom stereocenters. The van der Waals surface area contributed by atoms with E-state index in [4.69, 9.17) is 4.74 Å². The zero-order chi connectivity index (χ0) is 20.7. The Labute approximate surface area is 164 Å². The van der Waals surface area contributed by atoms with E-state index in [0.717, 1.165) is 12.8 Å². The van der Waals surface area contributed by atoms with Crippen LogP contribution in [0.3, 0.4) is 0 Å². The Balaban J connectivity index is 2.36. The van der Waals surface area contributed by atoms with Crippen molar-refractivity contribution >= 4 is 17.5 Å². The second kappa shape index (κ2) is 9.73. The maximum absolute atomic E-state index is 12.9. The van der Waals surface area contributed by atoms with Crippen LogP contribution in [-0.4, -0.2) is 41.5 Å². The highest BCUT2D eigenvalue weighted by Crippen LogP contribution is 2.19. The smallest absolute Gasteiger partial charge is 0.274 e. The number of pyridine rings is 1. The first-order valence-electron chi connectivity index (χ1n) is 9.37. The van der Waals surface area contributed by atoms with Gasteiger partial charge in [0.25, 0.3) is 17.4 Å². The van der Waals surface area contributed by atoms with E-state index in [2.05, 4.69) is 5.32 Å². The Morgan fingerprint density at radius 2 is 1.79 bits per heavy atom. The maximum atomic E-state index is 12.9. The highest BCUT2D eigenvalue weighted by atomic mass is 16.5. The second-order valence-electron chi connectivity index (χ2n) is 6.51. The van der Waals surface area contributed by atoms with Crippen LogP contribution in [0.1, 0.15) is 47.4 Å². The van der Waals surface area contributed by atoms with Crippen molar-refractivity contribution in [3.63, 3.8) is 0 Å². The summed E-state index contributed by atoms with van der Waals surface area (Å²) in [6, 6.07) is 8.18. The third-order valence-corrected chi connectivity index (χ3v) is 4.30. The Morgan fingerprint density at radius 3 is 2.39 bits per heavy atom. The van der Waals surface area contributed by atoms with Gasteiger partial charge in [0, 0.05) is 26.3 Å². The summed E-state index contributed by atoms with van der Waals surface area (Å²) in [5.74, 6) is -0.230. The van der Waals surface area contributed by atoms with Crippen LogP contribution in [0.2, 0.25) is 0 Å². The summed E-state index contributed by atoms with van der Waals surface area (Å²) in [6.07, 6.45) is 3.19. The molecule has 0 aliphatic carbocycles. The van der Waals surface area contributed by atoms with Gasteiger partial charge in [-0.3, -0.25) is 14.4 Å². The minimum Gasteiger partial charge on any atom is -0.496 e. The Kier molecular flexibility index (Phi) is 7.37. The van der Waals surface area contributed by atoms with Crippen LogP contribution < -0.4 is 15.6 Å². The quantitative estimate of drug-likeness (QED) is 0.758. The summed E-state index contributed by atoms with van der Waals surface area (Å²) < 4.78 is 6.51. The number of nitrogens with zero attached hydrogens (tertiary/aromatic N) is 2. The molecule has 1 N–H and O–H groups in total. The van der Waals surface area contributed by atoms with Gasteiger partial charge in [-0.1, -0.05) is 26.0 Å². The lowest BCUT2D eigenvalue weighted by Gasteiger charge is -2.22. The molecule has 0 unspecified atom stereocenters. The van der Waals surface area contributed by atoms with Gasteiger partial charge in [-0.2, -0.15) is 0 Å². The summed E-state index contributed by atoms with van der Waals surface area (Å²) in [5, 5.41) is 2.62. The average molecular weight is 385 g/mol. The molecular weight excluding hydrogens is 358 g/mol. The summed E-state index contributed by atoms with van der Waals surface area (Å²) in [4.78, 5) is 39.8. The fourth-order valence-electron chi connectivity index (χ4n) is 2.98. The number of carbonyl (C=O) groups excluding carboxylic acids is 2. The highest BCUT2D eigenvalue weighted by molar-refractivity contribution is 6.06. The second-order valence-corrected chi connectivity index (χ2v) is 6.51. The molecule has 0 fully saturated rings. The van der Waals surface area contributed by atoms with Crippen molar-refractivity contribution in [2.24, 2.45) is 7.05 Å². The van der Waals surface area contributed by atoms with Crippen LogP contribution in [0.15, 0.2) is 41.3 Å². The van der Waals surface area contributed by atoms with Crippen molar-refractivity contribution in [2.75, 3.05) is 25.5 Å². The lowest BCUT2D eigenvalue weighted by atomic mass is 10.1.